The van der Waals surface area contributed by atoms with Crippen molar-refractivity contribution in [1.29, 1.82) is 0 Å². The lowest BCUT2D eigenvalue weighted by Gasteiger charge is -2.31. The van der Waals surface area contributed by atoms with Crippen molar-refractivity contribution in [1.82, 2.24) is 9.55 Å². The summed E-state index contributed by atoms with van der Waals surface area (Å²) >= 11 is 0. The van der Waals surface area contributed by atoms with Gasteiger partial charge in [0.05, 0.1) is 13.2 Å². The molecule has 0 aliphatic carbocycles. The molecule has 1 fully saturated rings. The molecule has 2 rings (SSSR count). The molecule has 0 bridgehead atoms. The summed E-state index contributed by atoms with van der Waals surface area (Å²) in [5, 5.41) is 32.9. The Morgan fingerprint density at radius 3 is 3.00 bits per heavy atom. The molecule has 0 saturated carbocycles. The SMILES string of the molecule is [N-]=[N+]=NC1(CO)OCC(O)(n2ccc(N)nc2=O)C1O. The van der Waals surface area contributed by atoms with E-state index < -0.39 is 36.5 Å². The van der Waals surface area contributed by atoms with Crippen LogP contribution < -0.4 is 11.4 Å². The number of hydrogen-bond acceptors (Lipinski definition) is 8. The van der Waals surface area contributed by atoms with Crippen molar-refractivity contribution in [2.24, 2.45) is 5.11 Å². The first-order chi connectivity index (χ1) is 9.39. The van der Waals surface area contributed by atoms with Crippen molar-refractivity contribution in [3.05, 3.63) is 33.2 Å². The highest BCUT2D eigenvalue weighted by molar-refractivity contribution is 5.24. The Labute approximate surface area is 111 Å². The first kappa shape index (κ1) is 14.2. The van der Waals surface area contributed by atoms with E-state index in [4.69, 9.17) is 16.0 Å². The van der Waals surface area contributed by atoms with E-state index in [0.29, 0.717) is 4.57 Å². The fraction of sp³-hybridized carbons (Fsp3) is 0.556. The minimum Gasteiger partial charge on any atom is -0.393 e. The van der Waals surface area contributed by atoms with Gasteiger partial charge in [-0.3, -0.25) is 4.57 Å². The Hall–Kier alpha value is -2.17. The minimum absolute atomic E-state index is 0.0632. The number of rotatable bonds is 3. The van der Waals surface area contributed by atoms with Crippen LogP contribution in [0.4, 0.5) is 5.82 Å². The quantitative estimate of drug-likeness (QED) is 0.277. The number of hydrogen-bond donors (Lipinski definition) is 4. The maximum atomic E-state index is 11.7. The molecule has 1 aliphatic heterocycles. The first-order valence-corrected chi connectivity index (χ1v) is 5.47. The van der Waals surface area contributed by atoms with Crippen LogP contribution in [0.3, 0.4) is 0 Å². The third-order valence-corrected chi connectivity index (χ3v) is 3.08. The van der Waals surface area contributed by atoms with Crippen molar-refractivity contribution in [2.45, 2.75) is 17.6 Å². The molecule has 11 nitrogen and oxygen atoms in total. The second-order valence-corrected chi connectivity index (χ2v) is 4.27. The predicted octanol–water partition coefficient (Wildman–Crippen LogP) is -2.14. The Balaban J connectivity index is 2.52. The molecule has 3 unspecified atom stereocenters. The number of nitrogens with zero attached hydrogens (tertiary/aromatic N) is 5. The van der Waals surface area contributed by atoms with Gasteiger partial charge in [0.2, 0.25) is 5.72 Å². The Morgan fingerprint density at radius 1 is 1.75 bits per heavy atom. The largest absolute Gasteiger partial charge is 0.393 e. The Kier molecular flexibility index (Phi) is 3.38. The van der Waals surface area contributed by atoms with Gasteiger partial charge in [0.25, 0.3) is 0 Å². The van der Waals surface area contributed by atoms with E-state index in [9.17, 15) is 20.1 Å². The molecule has 5 N–H and O–H groups in total. The molecule has 1 saturated heterocycles. The molecule has 1 aromatic rings. The molecule has 0 amide bonds. The Morgan fingerprint density at radius 2 is 2.45 bits per heavy atom. The van der Waals surface area contributed by atoms with Crippen LogP contribution in [0.25, 0.3) is 10.4 Å². The molecular weight excluding hydrogens is 272 g/mol. The zero-order valence-corrected chi connectivity index (χ0v) is 10.1. The lowest BCUT2D eigenvalue weighted by molar-refractivity contribution is -0.134. The van der Waals surface area contributed by atoms with Crippen molar-refractivity contribution in [2.75, 3.05) is 18.9 Å². The predicted molar refractivity (Wildman–Crippen MR) is 64.0 cm³/mol. The van der Waals surface area contributed by atoms with E-state index in [1.54, 1.807) is 0 Å². The number of nitrogen functional groups attached to an aromatic ring is 1. The molecule has 0 aromatic carbocycles. The zero-order chi connectivity index (χ0) is 15.0. The fourth-order valence-electron chi connectivity index (χ4n) is 1.99. The summed E-state index contributed by atoms with van der Waals surface area (Å²) in [6, 6.07) is 1.23. The van der Waals surface area contributed by atoms with E-state index in [1.165, 1.54) is 6.07 Å². The highest BCUT2D eigenvalue weighted by atomic mass is 16.6. The average Bonchev–Trinajstić information content (AvgIpc) is 2.66. The van der Waals surface area contributed by atoms with Crippen LogP contribution >= 0.6 is 0 Å². The number of aliphatic hydroxyl groups is 3. The third-order valence-electron chi connectivity index (χ3n) is 3.08. The van der Waals surface area contributed by atoms with Gasteiger partial charge in [0.15, 0.2) is 5.72 Å². The van der Waals surface area contributed by atoms with Crippen LogP contribution in [0.1, 0.15) is 0 Å². The normalized spacial score (nSPS) is 32.9. The molecule has 2 heterocycles. The number of ether oxygens (including phenoxy) is 1. The van der Waals surface area contributed by atoms with Gasteiger partial charge >= 0.3 is 5.69 Å². The Bertz CT molecular complexity index is 627. The third kappa shape index (κ3) is 1.90. The number of azide groups is 1. The number of anilines is 1. The lowest BCUT2D eigenvalue weighted by atomic mass is 10.0. The van der Waals surface area contributed by atoms with Gasteiger partial charge in [-0.05, 0) is 11.6 Å². The van der Waals surface area contributed by atoms with Gasteiger partial charge in [-0.25, -0.2) is 4.79 Å². The van der Waals surface area contributed by atoms with Crippen molar-refractivity contribution in [3.63, 3.8) is 0 Å². The topological polar surface area (TPSA) is 180 Å². The molecule has 108 valence electrons. The van der Waals surface area contributed by atoms with Crippen molar-refractivity contribution < 1.29 is 20.1 Å². The minimum atomic E-state index is -2.24. The van der Waals surface area contributed by atoms with Crippen LogP contribution in [0, 0.1) is 0 Å². The smallest absolute Gasteiger partial charge is 0.351 e. The van der Waals surface area contributed by atoms with Crippen LogP contribution in [0.2, 0.25) is 0 Å². The maximum Gasteiger partial charge on any atom is 0.351 e. The van der Waals surface area contributed by atoms with Crippen LogP contribution in [-0.2, 0) is 10.5 Å². The molecule has 1 aliphatic rings. The van der Waals surface area contributed by atoms with Gasteiger partial charge < -0.3 is 25.8 Å². The average molecular weight is 284 g/mol. The summed E-state index contributed by atoms with van der Waals surface area (Å²) in [5.74, 6) is -0.0632. The number of aromatic nitrogens is 2. The van der Waals surface area contributed by atoms with Crippen LogP contribution in [0.15, 0.2) is 22.2 Å². The monoisotopic (exact) mass is 284 g/mol. The first-order valence-electron chi connectivity index (χ1n) is 5.47. The lowest BCUT2D eigenvalue weighted by Crippen LogP contribution is -2.55. The molecule has 20 heavy (non-hydrogen) atoms. The summed E-state index contributed by atoms with van der Waals surface area (Å²) in [6.45, 7) is -1.46. The summed E-state index contributed by atoms with van der Waals surface area (Å²) < 4.78 is 5.70. The summed E-state index contributed by atoms with van der Waals surface area (Å²) in [5.41, 5.74) is 8.53. The molecule has 1 aromatic heterocycles. The standard InChI is InChI=1S/C9H12N6O5/c10-5-1-2-15(7(18)12-5)9(19)4-20-8(3-16,6(9)17)13-14-11/h1-2,6,16-17,19H,3-4H2,(H2,10,12,18). The number of aliphatic hydroxyl groups excluding tert-OH is 2. The summed E-state index contributed by atoms with van der Waals surface area (Å²) in [4.78, 5) is 17.6. The fourth-order valence-corrected chi connectivity index (χ4v) is 1.99. The van der Waals surface area contributed by atoms with E-state index >= 15 is 0 Å². The van der Waals surface area contributed by atoms with E-state index in [1.807, 2.05) is 0 Å². The molecule has 0 radical (unpaired) electrons. The van der Waals surface area contributed by atoms with Gasteiger partial charge in [0, 0.05) is 11.1 Å². The zero-order valence-electron chi connectivity index (χ0n) is 10.1. The summed E-state index contributed by atoms with van der Waals surface area (Å²) in [7, 11) is 0. The molecular formula is C9H12N6O5. The maximum absolute atomic E-state index is 11.7. The van der Waals surface area contributed by atoms with Crippen LogP contribution in [0.5, 0.6) is 0 Å². The highest BCUT2D eigenvalue weighted by Gasteiger charge is 2.59. The summed E-state index contributed by atoms with van der Waals surface area (Å²) in [6.07, 6.45) is -0.764. The van der Waals surface area contributed by atoms with E-state index in [0.717, 1.165) is 6.20 Å². The van der Waals surface area contributed by atoms with Crippen molar-refractivity contribution >= 4 is 5.82 Å². The molecule has 0 spiro atoms. The van der Waals surface area contributed by atoms with Gasteiger partial charge in [-0.2, -0.15) is 4.98 Å². The number of nitrogens with two attached hydrogens (primary N) is 1. The van der Waals surface area contributed by atoms with Gasteiger partial charge in [0.1, 0.15) is 11.9 Å². The highest BCUT2D eigenvalue weighted by Crippen LogP contribution is 2.37. The second-order valence-electron chi connectivity index (χ2n) is 4.27. The van der Waals surface area contributed by atoms with Crippen molar-refractivity contribution in [3.8, 4) is 0 Å². The molecule has 3 atom stereocenters. The van der Waals surface area contributed by atoms with Gasteiger partial charge in [-0.1, -0.05) is 5.11 Å². The molecule has 11 heteroatoms. The van der Waals surface area contributed by atoms with E-state index in [-0.39, 0.29) is 5.82 Å². The second kappa shape index (κ2) is 4.74. The van der Waals surface area contributed by atoms with E-state index in [2.05, 4.69) is 15.0 Å². The van der Waals surface area contributed by atoms with Gasteiger partial charge in [-0.15, -0.1) is 0 Å². The van der Waals surface area contributed by atoms with Crippen LogP contribution in [-0.4, -0.2) is 49.9 Å².